The lowest BCUT2D eigenvalue weighted by atomic mass is 10.1. The molecule has 0 aliphatic rings. The fourth-order valence-corrected chi connectivity index (χ4v) is 3.56. The van der Waals surface area contributed by atoms with Crippen LogP contribution in [0.1, 0.15) is 143 Å². The van der Waals surface area contributed by atoms with Gasteiger partial charge in [-0.05, 0) is 12.8 Å². The third kappa shape index (κ3) is 30.7. The molecule has 0 aromatic heterocycles. The van der Waals surface area contributed by atoms with Gasteiger partial charge in [-0.1, -0.05) is 130 Å². The molecule has 0 aromatic rings. The fourth-order valence-electron chi connectivity index (χ4n) is 2.93. The molecular formula is C24H52O3P+. The van der Waals surface area contributed by atoms with Crippen molar-refractivity contribution in [2.24, 2.45) is 0 Å². The van der Waals surface area contributed by atoms with Gasteiger partial charge in [-0.2, -0.15) is 0 Å². The highest BCUT2D eigenvalue weighted by Crippen LogP contribution is 2.24. The number of hydrogen-bond donors (Lipinski definition) is 0. The topological polar surface area (TPSA) is 35.5 Å². The first-order valence-corrected chi connectivity index (χ1v) is 13.5. The summed E-state index contributed by atoms with van der Waals surface area (Å²) in [5.41, 5.74) is 0. The Hall–Kier alpha value is 0.0200. The molecular weight excluding hydrogens is 367 g/mol. The van der Waals surface area contributed by atoms with Crippen LogP contribution in [-0.4, -0.2) is 13.2 Å². The summed E-state index contributed by atoms with van der Waals surface area (Å²) in [6.45, 7) is 10.1. The zero-order valence-electron chi connectivity index (χ0n) is 19.8. The normalized spacial score (nSPS) is 10.6. The van der Waals surface area contributed by atoms with Crippen molar-refractivity contribution in [1.29, 1.82) is 0 Å². The first-order chi connectivity index (χ1) is 13.7. The van der Waals surface area contributed by atoms with Crippen LogP contribution in [0.5, 0.6) is 0 Å². The molecule has 0 amide bonds. The van der Waals surface area contributed by atoms with Crippen LogP contribution < -0.4 is 0 Å². The van der Waals surface area contributed by atoms with Crippen LogP contribution in [0.2, 0.25) is 0 Å². The number of unbranched alkanes of at least 4 members (excludes halogenated alkanes) is 15. The van der Waals surface area contributed by atoms with Gasteiger partial charge in [0.2, 0.25) is 0 Å². The monoisotopic (exact) mass is 419 g/mol. The van der Waals surface area contributed by atoms with Gasteiger partial charge in [0, 0.05) is 4.57 Å². The summed E-state index contributed by atoms with van der Waals surface area (Å²) >= 11 is 0. The summed E-state index contributed by atoms with van der Waals surface area (Å²) in [5, 5.41) is 0. The van der Waals surface area contributed by atoms with Crippen molar-refractivity contribution in [3.05, 3.63) is 0 Å². The molecule has 0 saturated carbocycles. The minimum atomic E-state index is -1.89. The minimum Gasteiger partial charge on any atom is -0.119 e. The molecule has 0 bridgehead atoms. The van der Waals surface area contributed by atoms with Crippen molar-refractivity contribution in [2.75, 3.05) is 13.2 Å². The molecule has 0 radical (unpaired) electrons. The molecule has 0 heterocycles. The smallest absolute Gasteiger partial charge is 0.119 e. The van der Waals surface area contributed by atoms with Crippen molar-refractivity contribution in [3.8, 4) is 0 Å². The van der Waals surface area contributed by atoms with Gasteiger partial charge in [0.1, 0.15) is 13.2 Å². The Morgan fingerprint density at radius 3 is 0.964 bits per heavy atom. The summed E-state index contributed by atoms with van der Waals surface area (Å²) < 4.78 is 21.8. The molecule has 0 atom stereocenters. The van der Waals surface area contributed by atoms with Gasteiger partial charge in [0.25, 0.3) is 0 Å². The van der Waals surface area contributed by atoms with Crippen LogP contribution in [0.4, 0.5) is 0 Å². The average Bonchev–Trinajstić information content (AvgIpc) is 2.70. The zero-order valence-corrected chi connectivity index (χ0v) is 20.7. The lowest BCUT2D eigenvalue weighted by Gasteiger charge is -1.98. The largest absolute Gasteiger partial charge is 0.697 e. The molecule has 0 spiro atoms. The third-order valence-corrected chi connectivity index (χ3v) is 5.63. The summed E-state index contributed by atoms with van der Waals surface area (Å²) in [7, 11) is -1.89. The summed E-state index contributed by atoms with van der Waals surface area (Å²) in [5.74, 6) is 0. The predicted octanol–water partition coefficient (Wildman–Crippen LogP) is 9.76. The lowest BCUT2D eigenvalue weighted by Crippen LogP contribution is -1.92. The van der Waals surface area contributed by atoms with E-state index in [2.05, 4.69) is 27.7 Å². The van der Waals surface area contributed by atoms with Crippen LogP contribution in [0.3, 0.4) is 0 Å². The van der Waals surface area contributed by atoms with Crippen molar-refractivity contribution in [2.45, 2.75) is 143 Å². The summed E-state index contributed by atoms with van der Waals surface area (Å²) in [6.07, 6.45) is 23.1. The van der Waals surface area contributed by atoms with E-state index in [0.717, 1.165) is 12.8 Å². The fraction of sp³-hybridized carbons (Fsp3) is 1.00. The summed E-state index contributed by atoms with van der Waals surface area (Å²) in [6, 6.07) is 0. The maximum Gasteiger partial charge on any atom is 0.697 e. The van der Waals surface area contributed by atoms with E-state index in [1.165, 1.54) is 103 Å². The second kappa shape index (κ2) is 29.2. The molecule has 0 rings (SSSR count). The van der Waals surface area contributed by atoms with Crippen LogP contribution >= 0.6 is 8.25 Å². The maximum absolute atomic E-state index is 11.4. The highest BCUT2D eigenvalue weighted by molar-refractivity contribution is 7.33. The van der Waals surface area contributed by atoms with Crippen molar-refractivity contribution >= 4 is 8.25 Å². The number of hydrogen-bond acceptors (Lipinski definition) is 3. The molecule has 3 nitrogen and oxygen atoms in total. The second-order valence-corrected chi connectivity index (χ2v) is 8.80. The van der Waals surface area contributed by atoms with E-state index in [1.54, 1.807) is 0 Å². The van der Waals surface area contributed by atoms with Gasteiger partial charge < -0.3 is 0 Å². The SMILES string of the molecule is CCCCCCCC.CCCCCCCCO[P+](=O)OCCCCCCCC. The molecule has 0 aliphatic carbocycles. The Kier molecular flexibility index (Phi) is 31.5. The van der Waals surface area contributed by atoms with Gasteiger partial charge in [-0.15, -0.1) is 9.05 Å². The Bertz CT molecular complexity index is 259. The molecule has 0 fully saturated rings. The lowest BCUT2D eigenvalue weighted by molar-refractivity contribution is 0.218. The second-order valence-electron chi connectivity index (χ2n) is 7.84. The highest BCUT2D eigenvalue weighted by Gasteiger charge is 2.18. The van der Waals surface area contributed by atoms with E-state index in [9.17, 15) is 4.57 Å². The van der Waals surface area contributed by atoms with Gasteiger partial charge in [0.15, 0.2) is 0 Å². The first kappa shape index (κ1) is 30.2. The number of rotatable bonds is 21. The Labute approximate surface area is 178 Å². The van der Waals surface area contributed by atoms with Crippen molar-refractivity contribution in [3.63, 3.8) is 0 Å². The van der Waals surface area contributed by atoms with Crippen LogP contribution in [-0.2, 0) is 13.6 Å². The molecule has 170 valence electrons. The molecule has 0 saturated heterocycles. The van der Waals surface area contributed by atoms with E-state index >= 15 is 0 Å². The van der Waals surface area contributed by atoms with E-state index in [4.69, 9.17) is 9.05 Å². The van der Waals surface area contributed by atoms with Crippen LogP contribution in [0.15, 0.2) is 0 Å². The van der Waals surface area contributed by atoms with E-state index < -0.39 is 8.25 Å². The Balaban J connectivity index is 0. The molecule has 4 heteroatoms. The van der Waals surface area contributed by atoms with Gasteiger partial charge in [-0.3, -0.25) is 0 Å². The molecule has 0 aromatic carbocycles. The maximum atomic E-state index is 11.4. The van der Waals surface area contributed by atoms with E-state index in [0.29, 0.717) is 13.2 Å². The Morgan fingerprint density at radius 2 is 0.679 bits per heavy atom. The highest BCUT2D eigenvalue weighted by atomic mass is 31.1. The standard InChI is InChI=1S/C16H34O3P.C8H18/c1-3-5-7-9-11-13-15-18-20(17)19-16-14-12-10-8-6-4-2;1-3-5-7-8-6-4-2/h3-16H2,1-2H3;3-8H2,1-2H3/q+1;. The zero-order chi connectivity index (χ0) is 21.1. The predicted molar refractivity (Wildman–Crippen MR) is 125 cm³/mol. The first-order valence-electron chi connectivity index (χ1n) is 12.5. The molecule has 0 N–H and O–H groups in total. The summed E-state index contributed by atoms with van der Waals surface area (Å²) in [4.78, 5) is 0. The Morgan fingerprint density at radius 1 is 0.429 bits per heavy atom. The van der Waals surface area contributed by atoms with Crippen LogP contribution in [0.25, 0.3) is 0 Å². The third-order valence-electron chi connectivity index (χ3n) is 4.85. The van der Waals surface area contributed by atoms with E-state index in [-0.39, 0.29) is 0 Å². The quantitative estimate of drug-likeness (QED) is 0.137. The minimum absolute atomic E-state index is 0.567. The van der Waals surface area contributed by atoms with Gasteiger partial charge >= 0.3 is 8.25 Å². The van der Waals surface area contributed by atoms with Crippen LogP contribution in [0, 0.1) is 0 Å². The van der Waals surface area contributed by atoms with E-state index in [1.807, 2.05) is 0 Å². The van der Waals surface area contributed by atoms with Gasteiger partial charge in [0.05, 0.1) is 0 Å². The van der Waals surface area contributed by atoms with Crippen molar-refractivity contribution in [1.82, 2.24) is 0 Å². The van der Waals surface area contributed by atoms with Gasteiger partial charge in [-0.25, -0.2) is 0 Å². The molecule has 0 unspecified atom stereocenters. The molecule has 28 heavy (non-hydrogen) atoms. The average molecular weight is 420 g/mol. The van der Waals surface area contributed by atoms with Crippen molar-refractivity contribution < 1.29 is 13.6 Å². The molecule has 0 aliphatic heterocycles.